The van der Waals surface area contributed by atoms with Crippen molar-refractivity contribution in [1.82, 2.24) is 0 Å². The molecule has 0 aliphatic heterocycles. The van der Waals surface area contributed by atoms with Crippen LogP contribution in [0, 0.1) is 11.3 Å². The molecule has 1 aromatic carbocycles. The minimum atomic E-state index is -0.545. The summed E-state index contributed by atoms with van der Waals surface area (Å²) in [6.45, 7) is 2.13. The van der Waals surface area contributed by atoms with Gasteiger partial charge in [0.15, 0.2) is 0 Å². The molecule has 4 heteroatoms. The number of nitrogens with zero attached hydrogens (tertiary/aromatic N) is 1. The summed E-state index contributed by atoms with van der Waals surface area (Å²) in [5.41, 5.74) is 7.10. The van der Waals surface area contributed by atoms with Crippen LogP contribution in [0.15, 0.2) is 24.3 Å². The van der Waals surface area contributed by atoms with Crippen molar-refractivity contribution in [2.24, 2.45) is 5.73 Å². The van der Waals surface area contributed by atoms with Crippen LogP contribution in [-0.4, -0.2) is 23.8 Å². The molecule has 0 bridgehead atoms. The Hall–Kier alpha value is -1.57. The van der Waals surface area contributed by atoms with Crippen LogP contribution < -0.4 is 11.1 Å². The number of nitriles is 1. The van der Waals surface area contributed by atoms with Crippen LogP contribution in [0.2, 0.25) is 0 Å². The highest BCUT2D eigenvalue weighted by atomic mass is 16.3. The van der Waals surface area contributed by atoms with Crippen LogP contribution in [0.25, 0.3) is 0 Å². The Morgan fingerprint density at radius 2 is 2.33 bits per heavy atom. The van der Waals surface area contributed by atoms with E-state index in [0.717, 1.165) is 5.69 Å². The molecule has 15 heavy (non-hydrogen) atoms. The number of nitrogens with two attached hydrogens (primary N) is 1. The number of anilines is 1. The van der Waals surface area contributed by atoms with Gasteiger partial charge in [-0.1, -0.05) is 6.07 Å². The molecule has 0 radical (unpaired) electrons. The molecule has 80 valence electrons. The van der Waals surface area contributed by atoms with Crippen molar-refractivity contribution in [3.05, 3.63) is 29.8 Å². The molecule has 1 rings (SSSR count). The lowest BCUT2D eigenvalue weighted by Crippen LogP contribution is -2.38. The number of hydrogen-bond acceptors (Lipinski definition) is 4. The number of benzene rings is 1. The maximum Gasteiger partial charge on any atom is 0.0992 e. The average molecular weight is 205 g/mol. The van der Waals surface area contributed by atoms with Gasteiger partial charge < -0.3 is 16.2 Å². The first kappa shape index (κ1) is 11.5. The average Bonchev–Trinajstić information content (AvgIpc) is 2.26. The Kier molecular flexibility index (Phi) is 4.10. The Labute approximate surface area is 89.3 Å². The Morgan fingerprint density at radius 3 is 2.93 bits per heavy atom. The highest BCUT2D eigenvalue weighted by Gasteiger charge is 2.08. The van der Waals surface area contributed by atoms with Crippen molar-refractivity contribution in [3.63, 3.8) is 0 Å². The first-order valence-electron chi connectivity index (χ1n) is 4.81. The van der Waals surface area contributed by atoms with Crippen LogP contribution in [-0.2, 0) is 0 Å². The predicted molar refractivity (Wildman–Crippen MR) is 59.3 cm³/mol. The van der Waals surface area contributed by atoms with Crippen LogP contribution >= 0.6 is 0 Å². The van der Waals surface area contributed by atoms with E-state index in [1.807, 2.05) is 6.07 Å². The monoisotopic (exact) mass is 205 g/mol. The third-order valence-electron chi connectivity index (χ3n) is 2.15. The van der Waals surface area contributed by atoms with Crippen molar-refractivity contribution in [2.45, 2.75) is 19.1 Å². The van der Waals surface area contributed by atoms with Crippen molar-refractivity contribution in [1.29, 1.82) is 5.26 Å². The molecule has 4 N–H and O–H groups in total. The fourth-order valence-electron chi connectivity index (χ4n) is 1.10. The van der Waals surface area contributed by atoms with Gasteiger partial charge in [0.1, 0.15) is 0 Å². The van der Waals surface area contributed by atoms with E-state index in [1.54, 1.807) is 25.1 Å². The molecule has 0 amide bonds. The van der Waals surface area contributed by atoms with E-state index in [1.165, 1.54) is 0 Å². The van der Waals surface area contributed by atoms with Crippen LogP contribution in [0.5, 0.6) is 0 Å². The van der Waals surface area contributed by atoms with Gasteiger partial charge in [-0.25, -0.2) is 0 Å². The molecular formula is C11H15N3O. The van der Waals surface area contributed by atoms with E-state index >= 15 is 0 Å². The second-order valence-electron chi connectivity index (χ2n) is 3.48. The first-order valence-corrected chi connectivity index (χ1v) is 4.81. The van der Waals surface area contributed by atoms with Gasteiger partial charge in [0.2, 0.25) is 0 Å². The standard InChI is InChI=1S/C11H15N3O/c1-8(15)11(13)7-14-10-4-2-3-9(5-10)6-12/h2-5,8,11,14-15H,7,13H2,1H3. The lowest BCUT2D eigenvalue weighted by molar-refractivity contribution is 0.168. The van der Waals surface area contributed by atoms with Crippen molar-refractivity contribution < 1.29 is 5.11 Å². The van der Waals surface area contributed by atoms with Crippen LogP contribution in [0.1, 0.15) is 12.5 Å². The largest absolute Gasteiger partial charge is 0.392 e. The summed E-state index contributed by atoms with van der Waals surface area (Å²) in [6, 6.07) is 8.89. The van der Waals surface area contributed by atoms with E-state index in [0.29, 0.717) is 12.1 Å². The predicted octanol–water partition coefficient (Wildman–Crippen LogP) is 0.678. The molecule has 0 saturated heterocycles. The molecule has 0 heterocycles. The normalized spacial score (nSPS) is 14.0. The molecule has 0 aliphatic rings. The van der Waals surface area contributed by atoms with E-state index in [2.05, 4.69) is 11.4 Å². The fraction of sp³-hybridized carbons (Fsp3) is 0.364. The Bertz CT molecular complexity index is 357. The number of nitrogens with one attached hydrogen (secondary N) is 1. The van der Waals surface area contributed by atoms with Crippen LogP contribution in [0.4, 0.5) is 5.69 Å². The Balaban J connectivity index is 2.55. The van der Waals surface area contributed by atoms with Gasteiger partial charge in [0, 0.05) is 18.3 Å². The lowest BCUT2D eigenvalue weighted by Gasteiger charge is -2.16. The molecule has 4 nitrogen and oxygen atoms in total. The Morgan fingerprint density at radius 1 is 1.60 bits per heavy atom. The maximum atomic E-state index is 9.18. The lowest BCUT2D eigenvalue weighted by atomic mass is 10.2. The first-order chi connectivity index (χ1) is 7.13. The molecule has 1 aromatic rings. The molecule has 0 saturated carbocycles. The van der Waals surface area contributed by atoms with E-state index < -0.39 is 6.10 Å². The fourth-order valence-corrected chi connectivity index (χ4v) is 1.10. The smallest absolute Gasteiger partial charge is 0.0992 e. The molecule has 0 spiro atoms. The quantitative estimate of drug-likeness (QED) is 0.675. The summed E-state index contributed by atoms with van der Waals surface area (Å²) < 4.78 is 0. The van der Waals surface area contributed by atoms with Gasteiger partial charge in [-0.3, -0.25) is 0 Å². The maximum absolute atomic E-state index is 9.18. The summed E-state index contributed by atoms with van der Waals surface area (Å²) in [6.07, 6.45) is -0.545. The molecule has 2 unspecified atom stereocenters. The van der Waals surface area contributed by atoms with Crippen molar-refractivity contribution >= 4 is 5.69 Å². The topological polar surface area (TPSA) is 82.1 Å². The third kappa shape index (κ3) is 3.58. The van der Waals surface area contributed by atoms with Gasteiger partial charge in [0.05, 0.1) is 17.7 Å². The van der Waals surface area contributed by atoms with E-state index in [9.17, 15) is 5.11 Å². The molecule has 0 fully saturated rings. The van der Waals surface area contributed by atoms with Crippen molar-refractivity contribution in [3.8, 4) is 6.07 Å². The zero-order valence-electron chi connectivity index (χ0n) is 8.64. The van der Waals surface area contributed by atoms with Gasteiger partial charge in [0.25, 0.3) is 0 Å². The SMILES string of the molecule is CC(O)C(N)CNc1cccc(C#N)c1. The highest BCUT2D eigenvalue weighted by Crippen LogP contribution is 2.09. The second kappa shape index (κ2) is 5.35. The van der Waals surface area contributed by atoms with E-state index in [-0.39, 0.29) is 6.04 Å². The zero-order valence-corrected chi connectivity index (χ0v) is 8.64. The van der Waals surface area contributed by atoms with Gasteiger partial charge >= 0.3 is 0 Å². The summed E-state index contributed by atoms with van der Waals surface area (Å²) in [5.74, 6) is 0. The minimum Gasteiger partial charge on any atom is -0.392 e. The molecule has 2 atom stereocenters. The number of hydrogen-bond donors (Lipinski definition) is 3. The summed E-state index contributed by atoms with van der Waals surface area (Å²) in [5, 5.41) is 20.9. The number of aliphatic hydroxyl groups excluding tert-OH is 1. The van der Waals surface area contributed by atoms with Crippen LogP contribution in [0.3, 0.4) is 0 Å². The molecule has 0 aliphatic carbocycles. The van der Waals surface area contributed by atoms with Gasteiger partial charge in [-0.2, -0.15) is 5.26 Å². The number of aliphatic hydroxyl groups is 1. The van der Waals surface area contributed by atoms with E-state index in [4.69, 9.17) is 11.0 Å². The summed E-state index contributed by atoms with van der Waals surface area (Å²) >= 11 is 0. The molecular weight excluding hydrogens is 190 g/mol. The van der Waals surface area contributed by atoms with Gasteiger partial charge in [-0.15, -0.1) is 0 Å². The second-order valence-corrected chi connectivity index (χ2v) is 3.48. The summed E-state index contributed by atoms with van der Waals surface area (Å²) in [7, 11) is 0. The zero-order chi connectivity index (χ0) is 11.3. The third-order valence-corrected chi connectivity index (χ3v) is 2.15. The minimum absolute atomic E-state index is 0.309. The number of rotatable bonds is 4. The van der Waals surface area contributed by atoms with Crippen molar-refractivity contribution in [2.75, 3.05) is 11.9 Å². The highest BCUT2D eigenvalue weighted by molar-refractivity contribution is 5.49. The van der Waals surface area contributed by atoms with Gasteiger partial charge in [-0.05, 0) is 25.1 Å². The summed E-state index contributed by atoms with van der Waals surface area (Å²) in [4.78, 5) is 0. The molecule has 0 aromatic heterocycles.